The van der Waals surface area contributed by atoms with Crippen LogP contribution in [0, 0.1) is 12.7 Å². The SMILES string of the molecule is Cc1ccc(CNC(=O)[C@H](c2ccccc2)N(Cc2ccc(F)cc2)C(=O)COc2ccccc2Cl)cc1. The summed E-state index contributed by atoms with van der Waals surface area (Å²) in [7, 11) is 0. The van der Waals surface area contributed by atoms with E-state index in [0.717, 1.165) is 11.1 Å². The zero-order valence-electron chi connectivity index (χ0n) is 20.9. The molecule has 0 aliphatic rings. The highest BCUT2D eigenvalue weighted by Crippen LogP contribution is 2.26. The molecule has 2 amide bonds. The van der Waals surface area contributed by atoms with Gasteiger partial charge in [0.2, 0.25) is 5.91 Å². The van der Waals surface area contributed by atoms with Crippen molar-refractivity contribution in [1.82, 2.24) is 10.2 Å². The van der Waals surface area contributed by atoms with E-state index in [2.05, 4.69) is 5.32 Å². The maximum Gasteiger partial charge on any atom is 0.261 e. The van der Waals surface area contributed by atoms with E-state index in [-0.39, 0.29) is 24.9 Å². The summed E-state index contributed by atoms with van der Waals surface area (Å²) in [5.41, 5.74) is 3.37. The molecule has 0 bridgehead atoms. The summed E-state index contributed by atoms with van der Waals surface area (Å²) in [6.07, 6.45) is 0. The highest BCUT2D eigenvalue weighted by Gasteiger charge is 2.32. The molecule has 38 heavy (non-hydrogen) atoms. The van der Waals surface area contributed by atoms with Gasteiger partial charge in [0, 0.05) is 13.1 Å². The standard InChI is InChI=1S/C31H28ClFN2O3/c1-22-11-13-23(14-12-22)19-34-31(37)30(25-7-3-2-4-8-25)35(20-24-15-17-26(33)18-16-24)29(36)21-38-28-10-6-5-9-27(28)32/h2-18,30H,19-21H2,1H3,(H,34,37)/t30-/m0/s1. The highest BCUT2D eigenvalue weighted by atomic mass is 35.5. The lowest BCUT2D eigenvalue weighted by molar-refractivity contribution is -0.143. The van der Waals surface area contributed by atoms with Crippen LogP contribution in [-0.2, 0) is 22.7 Å². The van der Waals surface area contributed by atoms with E-state index in [1.807, 2.05) is 49.4 Å². The Bertz CT molecular complexity index is 1360. The lowest BCUT2D eigenvalue weighted by Gasteiger charge is -2.31. The molecule has 4 rings (SSSR count). The van der Waals surface area contributed by atoms with Crippen molar-refractivity contribution in [2.24, 2.45) is 0 Å². The van der Waals surface area contributed by atoms with Crippen molar-refractivity contribution in [2.45, 2.75) is 26.1 Å². The van der Waals surface area contributed by atoms with Gasteiger partial charge in [-0.05, 0) is 47.9 Å². The third-order valence-electron chi connectivity index (χ3n) is 6.04. The number of rotatable bonds is 10. The Labute approximate surface area is 226 Å². The first-order chi connectivity index (χ1) is 18.4. The number of nitrogens with one attached hydrogen (secondary N) is 1. The molecule has 1 N–H and O–H groups in total. The number of benzene rings is 4. The van der Waals surface area contributed by atoms with Crippen molar-refractivity contribution < 1.29 is 18.7 Å². The summed E-state index contributed by atoms with van der Waals surface area (Å²) in [5.74, 6) is -0.785. The molecule has 4 aromatic rings. The molecule has 0 aliphatic heterocycles. The first-order valence-electron chi connectivity index (χ1n) is 12.2. The van der Waals surface area contributed by atoms with Gasteiger partial charge in [0.15, 0.2) is 6.61 Å². The van der Waals surface area contributed by atoms with Crippen LogP contribution in [0.25, 0.3) is 0 Å². The molecule has 0 saturated carbocycles. The quantitative estimate of drug-likeness (QED) is 0.263. The van der Waals surface area contributed by atoms with Crippen LogP contribution < -0.4 is 10.1 Å². The fourth-order valence-electron chi connectivity index (χ4n) is 3.99. The molecule has 7 heteroatoms. The van der Waals surface area contributed by atoms with Crippen LogP contribution in [0.3, 0.4) is 0 Å². The van der Waals surface area contributed by atoms with Gasteiger partial charge in [-0.15, -0.1) is 0 Å². The fourth-order valence-corrected chi connectivity index (χ4v) is 4.18. The van der Waals surface area contributed by atoms with Crippen LogP contribution in [0.15, 0.2) is 103 Å². The molecule has 0 fully saturated rings. The summed E-state index contributed by atoms with van der Waals surface area (Å²) in [6.45, 7) is 2.04. The van der Waals surface area contributed by atoms with Crippen molar-refractivity contribution in [2.75, 3.05) is 6.61 Å². The number of carbonyl (C=O) groups excluding carboxylic acids is 2. The number of nitrogens with zero attached hydrogens (tertiary/aromatic N) is 1. The Balaban J connectivity index is 1.63. The van der Waals surface area contributed by atoms with Crippen molar-refractivity contribution in [3.05, 3.63) is 136 Å². The number of hydrogen-bond donors (Lipinski definition) is 1. The lowest BCUT2D eigenvalue weighted by atomic mass is 10.0. The molecule has 0 aliphatic carbocycles. The summed E-state index contributed by atoms with van der Waals surface area (Å²) < 4.78 is 19.3. The molecule has 0 saturated heterocycles. The second-order valence-corrected chi connectivity index (χ2v) is 9.29. The van der Waals surface area contributed by atoms with E-state index in [1.54, 1.807) is 48.5 Å². The second kappa shape index (κ2) is 12.9. The van der Waals surface area contributed by atoms with Gasteiger partial charge >= 0.3 is 0 Å². The minimum Gasteiger partial charge on any atom is -0.482 e. The predicted octanol–water partition coefficient (Wildman–Crippen LogP) is 6.25. The van der Waals surface area contributed by atoms with Crippen LogP contribution in [0.5, 0.6) is 5.75 Å². The zero-order chi connectivity index (χ0) is 26.9. The zero-order valence-corrected chi connectivity index (χ0v) is 21.7. The van der Waals surface area contributed by atoms with Gasteiger partial charge in [-0.2, -0.15) is 0 Å². The van der Waals surface area contributed by atoms with E-state index >= 15 is 0 Å². The van der Waals surface area contributed by atoms with Gasteiger partial charge in [-0.3, -0.25) is 9.59 Å². The Morgan fingerprint density at radius 1 is 0.868 bits per heavy atom. The molecule has 0 spiro atoms. The summed E-state index contributed by atoms with van der Waals surface area (Å²) in [6, 6.07) is 28.7. The average molecular weight is 531 g/mol. The largest absolute Gasteiger partial charge is 0.482 e. The lowest BCUT2D eigenvalue weighted by Crippen LogP contribution is -2.45. The molecule has 194 valence electrons. The van der Waals surface area contributed by atoms with E-state index in [9.17, 15) is 14.0 Å². The monoisotopic (exact) mass is 530 g/mol. The number of amides is 2. The fraction of sp³-hybridized carbons (Fsp3) is 0.161. The number of carbonyl (C=O) groups is 2. The number of aryl methyl sites for hydroxylation is 1. The van der Waals surface area contributed by atoms with E-state index in [4.69, 9.17) is 16.3 Å². The van der Waals surface area contributed by atoms with Crippen LogP contribution in [0.4, 0.5) is 4.39 Å². The minimum absolute atomic E-state index is 0.0719. The number of halogens is 2. The summed E-state index contributed by atoms with van der Waals surface area (Å²) in [4.78, 5) is 28.8. The third-order valence-corrected chi connectivity index (χ3v) is 6.35. The topological polar surface area (TPSA) is 58.6 Å². The van der Waals surface area contributed by atoms with Crippen molar-refractivity contribution >= 4 is 23.4 Å². The van der Waals surface area contributed by atoms with Crippen molar-refractivity contribution in [1.29, 1.82) is 0 Å². The van der Waals surface area contributed by atoms with Gasteiger partial charge in [0.05, 0.1) is 5.02 Å². The van der Waals surface area contributed by atoms with Crippen LogP contribution in [0.2, 0.25) is 5.02 Å². The highest BCUT2D eigenvalue weighted by molar-refractivity contribution is 6.32. The van der Waals surface area contributed by atoms with Crippen LogP contribution in [0.1, 0.15) is 28.3 Å². The Morgan fingerprint density at radius 2 is 1.50 bits per heavy atom. The van der Waals surface area contributed by atoms with Gasteiger partial charge in [0.1, 0.15) is 17.6 Å². The van der Waals surface area contributed by atoms with E-state index < -0.39 is 11.9 Å². The van der Waals surface area contributed by atoms with Gasteiger partial charge in [-0.25, -0.2) is 4.39 Å². The van der Waals surface area contributed by atoms with Gasteiger partial charge in [-0.1, -0.05) is 96.0 Å². The third kappa shape index (κ3) is 7.20. The predicted molar refractivity (Wildman–Crippen MR) is 146 cm³/mol. The van der Waals surface area contributed by atoms with Crippen LogP contribution >= 0.6 is 11.6 Å². The Hall–Kier alpha value is -4.16. The van der Waals surface area contributed by atoms with Crippen molar-refractivity contribution in [3.8, 4) is 5.75 Å². The molecule has 5 nitrogen and oxygen atoms in total. The number of ether oxygens (including phenoxy) is 1. The molecule has 1 atom stereocenters. The summed E-state index contributed by atoms with van der Waals surface area (Å²) in [5, 5.41) is 3.35. The maximum atomic E-state index is 13.7. The molecule has 0 aromatic heterocycles. The molecule has 0 radical (unpaired) electrons. The average Bonchev–Trinajstić information content (AvgIpc) is 2.93. The molecule has 0 unspecified atom stereocenters. The Morgan fingerprint density at radius 3 is 2.18 bits per heavy atom. The smallest absolute Gasteiger partial charge is 0.261 e. The molecule has 0 heterocycles. The second-order valence-electron chi connectivity index (χ2n) is 8.88. The molecular weight excluding hydrogens is 503 g/mol. The molecular formula is C31H28ClFN2O3. The number of hydrogen-bond acceptors (Lipinski definition) is 3. The van der Waals surface area contributed by atoms with E-state index in [0.29, 0.717) is 28.4 Å². The number of para-hydroxylation sites is 1. The first-order valence-corrected chi connectivity index (χ1v) is 12.6. The Kier molecular flexibility index (Phi) is 9.11. The van der Waals surface area contributed by atoms with Crippen LogP contribution in [-0.4, -0.2) is 23.3 Å². The van der Waals surface area contributed by atoms with E-state index in [1.165, 1.54) is 17.0 Å². The summed E-state index contributed by atoms with van der Waals surface area (Å²) >= 11 is 6.20. The van der Waals surface area contributed by atoms with Gasteiger partial charge < -0.3 is 15.0 Å². The maximum absolute atomic E-state index is 13.7. The van der Waals surface area contributed by atoms with Gasteiger partial charge in [0.25, 0.3) is 5.91 Å². The molecule has 4 aromatic carbocycles. The minimum atomic E-state index is -0.950. The first kappa shape index (κ1) is 26.9. The van der Waals surface area contributed by atoms with Crippen molar-refractivity contribution in [3.63, 3.8) is 0 Å². The normalized spacial score (nSPS) is 11.4.